The first kappa shape index (κ1) is 17.5. The summed E-state index contributed by atoms with van der Waals surface area (Å²) < 4.78 is 24.2. The Bertz CT molecular complexity index is 790. The van der Waals surface area contributed by atoms with Crippen LogP contribution in [0.3, 0.4) is 0 Å². The van der Waals surface area contributed by atoms with Crippen molar-refractivity contribution in [3.63, 3.8) is 0 Å². The molecule has 0 saturated heterocycles. The molecule has 0 fully saturated rings. The number of aliphatic carboxylic acids is 1. The molecule has 0 bridgehead atoms. The average Bonchev–Trinajstić information content (AvgIpc) is 2.99. The van der Waals surface area contributed by atoms with Crippen LogP contribution >= 0.6 is 18.9 Å². The minimum absolute atomic E-state index is 0.0234. The summed E-state index contributed by atoms with van der Waals surface area (Å²) in [6, 6.07) is 0. The standard InChI is InChI=1S/C11H15N4O6PS/c1-3-20-22(19,21-4-2)11-13-8-7(9(12)18)14-15(5-6(16)17)10(8)23-11/h3-5H2,1-2H3,(H2,12,18)(H,16,17). The van der Waals surface area contributed by atoms with Gasteiger partial charge in [0.25, 0.3) is 5.91 Å². The highest BCUT2D eigenvalue weighted by molar-refractivity contribution is 7.69. The minimum atomic E-state index is -3.65. The number of amides is 1. The first-order chi connectivity index (χ1) is 10.8. The predicted molar refractivity (Wildman–Crippen MR) is 82.1 cm³/mol. The van der Waals surface area contributed by atoms with Crippen molar-refractivity contribution in [3.8, 4) is 0 Å². The van der Waals surface area contributed by atoms with Crippen LogP contribution in [0.2, 0.25) is 0 Å². The third kappa shape index (κ3) is 3.42. The molecular formula is C11H15N4O6PS. The summed E-state index contributed by atoms with van der Waals surface area (Å²) in [6.07, 6.45) is 0. The summed E-state index contributed by atoms with van der Waals surface area (Å²) in [5, 5.41) is 12.8. The molecule has 0 aliphatic carbocycles. The van der Waals surface area contributed by atoms with Crippen LogP contribution in [0.1, 0.15) is 24.3 Å². The molecule has 2 aromatic heterocycles. The molecule has 2 aromatic rings. The lowest BCUT2D eigenvalue weighted by Crippen LogP contribution is -2.16. The van der Waals surface area contributed by atoms with Gasteiger partial charge in [-0.2, -0.15) is 5.10 Å². The topological polar surface area (TPSA) is 147 Å². The zero-order valence-electron chi connectivity index (χ0n) is 12.4. The lowest BCUT2D eigenvalue weighted by molar-refractivity contribution is -0.137. The fourth-order valence-electron chi connectivity index (χ4n) is 1.85. The summed E-state index contributed by atoms with van der Waals surface area (Å²) in [5.74, 6) is -2.02. The number of aromatic nitrogens is 3. The molecule has 2 rings (SSSR count). The molecule has 0 radical (unpaired) electrons. The van der Waals surface area contributed by atoms with Gasteiger partial charge in [0.05, 0.1) is 13.2 Å². The third-order valence-corrected chi connectivity index (χ3v) is 6.21. The quantitative estimate of drug-likeness (QED) is 0.648. The Kier molecular flexibility index (Phi) is 5.15. The third-order valence-electron chi connectivity index (χ3n) is 2.63. The maximum absolute atomic E-state index is 12.7. The van der Waals surface area contributed by atoms with Gasteiger partial charge in [-0.15, -0.1) is 0 Å². The summed E-state index contributed by atoms with van der Waals surface area (Å²) in [5.41, 5.74) is 5.12. The molecule has 0 aromatic carbocycles. The molecule has 10 nitrogen and oxygen atoms in total. The van der Waals surface area contributed by atoms with Gasteiger partial charge in [0, 0.05) is 0 Å². The Labute approximate surface area is 134 Å². The molecule has 0 aliphatic rings. The highest BCUT2D eigenvalue weighted by Gasteiger charge is 2.33. The Hall–Kier alpha value is -1.81. The Morgan fingerprint density at radius 2 is 1.96 bits per heavy atom. The molecule has 0 unspecified atom stereocenters. The second-order valence-corrected chi connectivity index (χ2v) is 7.46. The van der Waals surface area contributed by atoms with Gasteiger partial charge in [0.15, 0.2) is 5.69 Å². The zero-order chi connectivity index (χ0) is 17.2. The molecule has 23 heavy (non-hydrogen) atoms. The van der Waals surface area contributed by atoms with Gasteiger partial charge in [-0.05, 0) is 13.8 Å². The zero-order valence-corrected chi connectivity index (χ0v) is 14.1. The van der Waals surface area contributed by atoms with E-state index in [1.165, 1.54) is 0 Å². The number of carboxylic acid groups (broad SMARTS) is 1. The molecule has 0 spiro atoms. The number of thiazole rings is 1. The number of hydrogen-bond acceptors (Lipinski definition) is 8. The number of carbonyl (C=O) groups is 2. The van der Waals surface area contributed by atoms with E-state index in [0.717, 1.165) is 16.0 Å². The molecule has 0 atom stereocenters. The maximum Gasteiger partial charge on any atom is 0.389 e. The van der Waals surface area contributed by atoms with E-state index in [-0.39, 0.29) is 34.0 Å². The smallest absolute Gasteiger partial charge is 0.389 e. The lowest BCUT2D eigenvalue weighted by atomic mass is 10.4. The van der Waals surface area contributed by atoms with Crippen molar-refractivity contribution in [2.24, 2.45) is 5.73 Å². The first-order valence-corrected chi connectivity index (χ1v) is 8.97. The van der Waals surface area contributed by atoms with Crippen molar-refractivity contribution in [2.75, 3.05) is 13.2 Å². The van der Waals surface area contributed by atoms with E-state index in [9.17, 15) is 14.2 Å². The van der Waals surface area contributed by atoms with E-state index in [0.29, 0.717) is 0 Å². The summed E-state index contributed by atoms with van der Waals surface area (Å²) in [4.78, 5) is 26.7. The van der Waals surface area contributed by atoms with Crippen LogP contribution < -0.4 is 10.5 Å². The number of carbonyl (C=O) groups excluding carboxylic acids is 1. The van der Waals surface area contributed by atoms with Crippen molar-refractivity contribution >= 4 is 45.9 Å². The molecule has 1 amide bonds. The van der Waals surface area contributed by atoms with Crippen LogP contribution in [-0.2, 0) is 25.0 Å². The number of hydrogen-bond donors (Lipinski definition) is 2. The molecule has 12 heteroatoms. The van der Waals surface area contributed by atoms with Gasteiger partial charge in [0.1, 0.15) is 16.9 Å². The van der Waals surface area contributed by atoms with Gasteiger partial charge in [0.2, 0.25) is 4.75 Å². The van der Waals surface area contributed by atoms with Crippen LogP contribution in [0.25, 0.3) is 10.3 Å². The predicted octanol–water partition coefficient (Wildman–Crippen LogP) is 0.568. The van der Waals surface area contributed by atoms with Crippen molar-refractivity contribution in [2.45, 2.75) is 20.4 Å². The second kappa shape index (κ2) is 6.75. The minimum Gasteiger partial charge on any atom is -0.480 e. The number of rotatable bonds is 8. The molecular weight excluding hydrogens is 347 g/mol. The maximum atomic E-state index is 12.7. The summed E-state index contributed by atoms with van der Waals surface area (Å²) in [7, 11) is -3.65. The van der Waals surface area contributed by atoms with E-state index >= 15 is 0 Å². The van der Waals surface area contributed by atoms with Gasteiger partial charge < -0.3 is 19.9 Å². The molecule has 0 saturated carbocycles. The number of primary amides is 1. The van der Waals surface area contributed by atoms with Crippen LogP contribution in [0.15, 0.2) is 0 Å². The number of fused-ring (bicyclic) bond motifs is 1. The van der Waals surface area contributed by atoms with Gasteiger partial charge in [-0.25, -0.2) is 9.67 Å². The van der Waals surface area contributed by atoms with Gasteiger partial charge in [-0.1, -0.05) is 11.3 Å². The van der Waals surface area contributed by atoms with Gasteiger partial charge >= 0.3 is 13.6 Å². The largest absolute Gasteiger partial charge is 0.480 e. The number of nitrogens with two attached hydrogens (primary N) is 1. The second-order valence-electron chi connectivity index (χ2n) is 4.25. The normalized spacial score (nSPS) is 11.9. The van der Waals surface area contributed by atoms with Crippen molar-refractivity contribution < 1.29 is 28.3 Å². The van der Waals surface area contributed by atoms with Crippen LogP contribution in [0, 0.1) is 0 Å². The van der Waals surface area contributed by atoms with Crippen LogP contribution in [0.4, 0.5) is 0 Å². The molecule has 3 N–H and O–H groups in total. The van der Waals surface area contributed by atoms with Gasteiger partial charge in [-0.3, -0.25) is 14.2 Å². The Morgan fingerprint density at radius 1 is 1.35 bits per heavy atom. The van der Waals surface area contributed by atoms with Crippen molar-refractivity contribution in [1.82, 2.24) is 14.8 Å². The van der Waals surface area contributed by atoms with E-state index in [1.54, 1.807) is 13.8 Å². The fourth-order valence-corrected chi connectivity index (χ4v) is 4.83. The summed E-state index contributed by atoms with van der Waals surface area (Å²) >= 11 is 0.896. The molecule has 2 heterocycles. The van der Waals surface area contributed by atoms with E-state index in [4.69, 9.17) is 19.9 Å². The number of carboxylic acids is 1. The summed E-state index contributed by atoms with van der Waals surface area (Å²) in [6.45, 7) is 3.09. The van der Waals surface area contributed by atoms with E-state index in [1.807, 2.05) is 0 Å². The van der Waals surface area contributed by atoms with Crippen LogP contribution in [0.5, 0.6) is 0 Å². The fraction of sp³-hybridized carbons (Fsp3) is 0.455. The average molecular weight is 362 g/mol. The SMILES string of the molecule is CCOP(=O)(OCC)c1nc2c(C(N)=O)nn(CC(=O)O)c2s1. The number of nitrogens with zero attached hydrogens (tertiary/aromatic N) is 3. The first-order valence-electron chi connectivity index (χ1n) is 6.61. The highest BCUT2D eigenvalue weighted by Crippen LogP contribution is 2.48. The van der Waals surface area contributed by atoms with Crippen molar-refractivity contribution in [1.29, 1.82) is 0 Å². The molecule has 126 valence electrons. The Balaban J connectivity index is 2.62. The van der Waals surface area contributed by atoms with E-state index < -0.39 is 26.0 Å². The van der Waals surface area contributed by atoms with Crippen LogP contribution in [-0.4, -0.2) is 45.0 Å². The van der Waals surface area contributed by atoms with Crippen molar-refractivity contribution in [3.05, 3.63) is 5.69 Å². The Morgan fingerprint density at radius 3 is 2.43 bits per heavy atom. The monoisotopic (exact) mass is 362 g/mol. The van der Waals surface area contributed by atoms with E-state index in [2.05, 4.69) is 10.1 Å². The lowest BCUT2D eigenvalue weighted by Gasteiger charge is -2.13. The molecule has 0 aliphatic heterocycles. The highest BCUT2D eigenvalue weighted by atomic mass is 32.1.